The van der Waals surface area contributed by atoms with Crippen molar-refractivity contribution < 1.29 is 9.59 Å². The quantitative estimate of drug-likeness (QED) is 0.678. The topological polar surface area (TPSA) is 103 Å². The molecule has 0 unspecified atom stereocenters. The maximum Gasteiger partial charge on any atom is 0.230 e. The lowest BCUT2D eigenvalue weighted by atomic mass is 10.3. The molecule has 0 aromatic carbocycles. The molecule has 0 atom stereocenters. The van der Waals surface area contributed by atoms with Gasteiger partial charge in [0.2, 0.25) is 11.8 Å². The fraction of sp³-hybridized carbons (Fsp3) is 0.636. The van der Waals surface area contributed by atoms with Crippen molar-refractivity contribution in [1.29, 1.82) is 0 Å². The molecule has 8 heteroatoms. The summed E-state index contributed by atoms with van der Waals surface area (Å²) < 4.78 is 1.91. The van der Waals surface area contributed by atoms with Gasteiger partial charge in [0, 0.05) is 25.9 Å². The van der Waals surface area contributed by atoms with Crippen molar-refractivity contribution in [1.82, 2.24) is 20.1 Å². The van der Waals surface area contributed by atoms with Crippen molar-refractivity contribution in [2.24, 2.45) is 5.73 Å². The minimum atomic E-state index is -0.349. The molecule has 0 spiro atoms. The van der Waals surface area contributed by atoms with E-state index in [1.807, 2.05) is 4.57 Å². The summed E-state index contributed by atoms with van der Waals surface area (Å²) in [4.78, 5) is 22.2. The lowest BCUT2D eigenvalue weighted by Gasteiger charge is -2.08. The van der Waals surface area contributed by atoms with Gasteiger partial charge in [-0.1, -0.05) is 11.8 Å². The highest BCUT2D eigenvalue weighted by molar-refractivity contribution is 7.99. The predicted octanol–water partition coefficient (Wildman–Crippen LogP) is -0.131. The smallest absolute Gasteiger partial charge is 0.230 e. The molecule has 3 N–H and O–H groups in total. The van der Waals surface area contributed by atoms with Crippen LogP contribution in [0, 0.1) is 0 Å². The molecule has 19 heavy (non-hydrogen) atoms. The van der Waals surface area contributed by atoms with Crippen LogP contribution in [0.5, 0.6) is 0 Å². The van der Waals surface area contributed by atoms with Crippen LogP contribution in [0.4, 0.5) is 0 Å². The molecule has 1 aromatic rings. The lowest BCUT2D eigenvalue weighted by molar-refractivity contribution is -0.119. The number of nitrogens with one attached hydrogen (secondary N) is 1. The molecule has 0 aliphatic heterocycles. The van der Waals surface area contributed by atoms with Gasteiger partial charge in [0.05, 0.1) is 5.75 Å². The molecule has 7 nitrogen and oxygen atoms in total. The highest BCUT2D eigenvalue weighted by Crippen LogP contribution is 2.40. The second kappa shape index (κ2) is 6.05. The van der Waals surface area contributed by atoms with E-state index in [1.165, 1.54) is 11.8 Å². The number of nitrogens with two attached hydrogens (primary N) is 1. The van der Waals surface area contributed by atoms with Crippen molar-refractivity contribution in [3.63, 3.8) is 0 Å². The van der Waals surface area contributed by atoms with E-state index in [0.29, 0.717) is 17.6 Å². The molecule has 1 fully saturated rings. The molecular formula is C11H17N5O2S. The molecule has 104 valence electrons. The van der Waals surface area contributed by atoms with Gasteiger partial charge >= 0.3 is 0 Å². The van der Waals surface area contributed by atoms with Crippen molar-refractivity contribution in [3.8, 4) is 0 Å². The maximum absolute atomic E-state index is 11.3. The number of carbonyl (C=O) groups is 2. The first-order valence-electron chi connectivity index (χ1n) is 6.16. The van der Waals surface area contributed by atoms with Gasteiger partial charge in [-0.05, 0) is 12.8 Å². The van der Waals surface area contributed by atoms with E-state index < -0.39 is 0 Å². The van der Waals surface area contributed by atoms with Gasteiger partial charge in [-0.3, -0.25) is 9.59 Å². The van der Waals surface area contributed by atoms with E-state index >= 15 is 0 Å². The first kappa shape index (κ1) is 13.9. The van der Waals surface area contributed by atoms with E-state index in [2.05, 4.69) is 15.5 Å². The number of thioether (sulfide) groups is 1. The zero-order valence-electron chi connectivity index (χ0n) is 10.8. The summed E-state index contributed by atoms with van der Waals surface area (Å²) in [6, 6.07) is 0. The first-order valence-corrected chi connectivity index (χ1v) is 7.15. The van der Waals surface area contributed by atoms with Gasteiger partial charge in [-0.2, -0.15) is 0 Å². The number of amides is 2. The average Bonchev–Trinajstić information content (AvgIpc) is 3.15. The molecule has 1 aliphatic carbocycles. The third kappa shape index (κ3) is 3.69. The highest BCUT2D eigenvalue weighted by Gasteiger charge is 2.30. The van der Waals surface area contributed by atoms with E-state index in [0.717, 1.165) is 18.7 Å². The second-order valence-corrected chi connectivity index (χ2v) is 5.39. The second-order valence-electron chi connectivity index (χ2n) is 4.44. The normalized spacial score (nSPS) is 14.4. The Morgan fingerprint density at radius 3 is 2.79 bits per heavy atom. The Morgan fingerprint density at radius 1 is 1.47 bits per heavy atom. The molecule has 0 radical (unpaired) electrons. The first-order chi connectivity index (χ1) is 9.11. The van der Waals surface area contributed by atoms with Gasteiger partial charge in [-0.25, -0.2) is 0 Å². The van der Waals surface area contributed by atoms with Gasteiger partial charge in [0.15, 0.2) is 5.16 Å². The Labute approximate surface area is 115 Å². The molecule has 1 aliphatic rings. The van der Waals surface area contributed by atoms with Gasteiger partial charge < -0.3 is 15.6 Å². The summed E-state index contributed by atoms with van der Waals surface area (Å²) >= 11 is 1.32. The molecule has 0 bridgehead atoms. The van der Waals surface area contributed by atoms with Crippen LogP contribution in [-0.2, 0) is 16.1 Å². The van der Waals surface area contributed by atoms with Gasteiger partial charge in [0.25, 0.3) is 0 Å². The summed E-state index contributed by atoms with van der Waals surface area (Å²) in [6.45, 7) is 0.476. The van der Waals surface area contributed by atoms with Gasteiger partial charge in [-0.15, -0.1) is 10.2 Å². The third-order valence-electron chi connectivity index (χ3n) is 2.88. The standard InChI is InChI=1S/C11H17N5O2S/c1-13-9(18)6-19-11-15-14-10(7-2-3-7)16(11)5-4-8(12)17/h7H,2-6H2,1H3,(H2,12,17)(H,13,18). The summed E-state index contributed by atoms with van der Waals surface area (Å²) in [6.07, 6.45) is 2.47. The van der Waals surface area contributed by atoms with Crippen molar-refractivity contribution >= 4 is 23.6 Å². The molecule has 0 saturated heterocycles. The van der Waals surface area contributed by atoms with Crippen LogP contribution in [0.25, 0.3) is 0 Å². The van der Waals surface area contributed by atoms with Crippen LogP contribution >= 0.6 is 11.8 Å². The monoisotopic (exact) mass is 283 g/mol. The minimum absolute atomic E-state index is 0.0672. The van der Waals surface area contributed by atoms with Crippen LogP contribution < -0.4 is 11.1 Å². The Hall–Kier alpha value is -1.57. The van der Waals surface area contributed by atoms with Crippen molar-refractivity contribution in [2.75, 3.05) is 12.8 Å². The van der Waals surface area contributed by atoms with Crippen LogP contribution in [0.3, 0.4) is 0 Å². The number of aromatic nitrogens is 3. The third-order valence-corrected chi connectivity index (χ3v) is 3.85. The number of rotatable bonds is 7. The van der Waals surface area contributed by atoms with Crippen molar-refractivity contribution in [3.05, 3.63) is 5.82 Å². The van der Waals surface area contributed by atoms with Crippen LogP contribution in [0.2, 0.25) is 0 Å². The summed E-state index contributed by atoms with van der Waals surface area (Å²) in [7, 11) is 1.59. The summed E-state index contributed by atoms with van der Waals surface area (Å²) in [5.41, 5.74) is 5.18. The van der Waals surface area contributed by atoms with E-state index in [4.69, 9.17) is 5.73 Å². The summed E-state index contributed by atoms with van der Waals surface area (Å²) in [5.74, 6) is 1.21. The average molecular weight is 283 g/mol. The molecule has 1 aromatic heterocycles. The van der Waals surface area contributed by atoms with E-state index in [-0.39, 0.29) is 24.0 Å². The maximum atomic E-state index is 11.3. The Kier molecular flexibility index (Phi) is 4.41. The molecule has 1 heterocycles. The fourth-order valence-corrected chi connectivity index (χ4v) is 2.53. The van der Waals surface area contributed by atoms with E-state index in [1.54, 1.807) is 7.05 Å². The fourth-order valence-electron chi connectivity index (χ4n) is 1.68. The molecular weight excluding hydrogens is 266 g/mol. The number of primary amides is 1. The zero-order chi connectivity index (χ0) is 13.8. The SMILES string of the molecule is CNC(=O)CSc1nnc(C2CC2)n1CCC(N)=O. The van der Waals surface area contributed by atoms with E-state index in [9.17, 15) is 9.59 Å². The number of carbonyl (C=O) groups excluding carboxylic acids is 2. The highest BCUT2D eigenvalue weighted by atomic mass is 32.2. The summed E-state index contributed by atoms with van der Waals surface area (Å²) in [5, 5.41) is 11.5. The largest absolute Gasteiger partial charge is 0.370 e. The van der Waals surface area contributed by atoms with Crippen LogP contribution in [0.15, 0.2) is 5.16 Å². The molecule has 2 amide bonds. The van der Waals surface area contributed by atoms with Crippen LogP contribution in [-0.4, -0.2) is 39.4 Å². The molecule has 2 rings (SSSR count). The lowest BCUT2D eigenvalue weighted by Crippen LogP contribution is -2.20. The number of hydrogen-bond donors (Lipinski definition) is 2. The number of nitrogens with zero attached hydrogens (tertiary/aromatic N) is 3. The molecule has 1 saturated carbocycles. The van der Waals surface area contributed by atoms with Gasteiger partial charge in [0.1, 0.15) is 5.82 Å². The van der Waals surface area contributed by atoms with Crippen LogP contribution in [0.1, 0.15) is 31.0 Å². The van der Waals surface area contributed by atoms with Crippen molar-refractivity contribution in [2.45, 2.75) is 36.9 Å². The minimum Gasteiger partial charge on any atom is -0.370 e. The Morgan fingerprint density at radius 2 is 2.21 bits per heavy atom. The Bertz CT molecular complexity index is 483. The predicted molar refractivity (Wildman–Crippen MR) is 70.6 cm³/mol. The Balaban J connectivity index is 2.07. The number of hydrogen-bond acceptors (Lipinski definition) is 5. The zero-order valence-corrected chi connectivity index (χ0v) is 11.6.